The molecule has 0 aliphatic carbocycles. The van der Waals surface area contributed by atoms with E-state index in [9.17, 15) is 22.8 Å². The summed E-state index contributed by atoms with van der Waals surface area (Å²) in [7, 11) is 0. The summed E-state index contributed by atoms with van der Waals surface area (Å²) in [6, 6.07) is 12.3. The first kappa shape index (κ1) is 22.4. The number of piperazine rings is 1. The number of rotatable bonds is 5. The second-order valence-corrected chi connectivity index (χ2v) is 7.18. The Hall–Kier alpha value is -3.27. The minimum Gasteiger partial charge on any atom is -0.406 e. The van der Waals surface area contributed by atoms with Crippen LogP contribution in [-0.2, 0) is 4.79 Å². The highest BCUT2D eigenvalue weighted by atomic mass is 19.4. The Morgan fingerprint density at radius 1 is 0.903 bits per heavy atom. The van der Waals surface area contributed by atoms with Gasteiger partial charge < -0.3 is 20.3 Å². The summed E-state index contributed by atoms with van der Waals surface area (Å²) in [5.41, 5.74) is 2.20. The lowest BCUT2D eigenvalue weighted by atomic mass is 10.2. The van der Waals surface area contributed by atoms with Crippen molar-refractivity contribution in [3.05, 3.63) is 54.1 Å². The number of alkyl halides is 3. The van der Waals surface area contributed by atoms with Crippen LogP contribution in [0.15, 0.2) is 48.5 Å². The fourth-order valence-corrected chi connectivity index (χ4v) is 3.09. The molecule has 2 N–H and O–H groups in total. The molecule has 3 rings (SSSR count). The highest BCUT2D eigenvalue weighted by Gasteiger charge is 2.31. The average molecular weight is 436 g/mol. The smallest absolute Gasteiger partial charge is 0.406 e. The Morgan fingerprint density at radius 2 is 1.45 bits per heavy atom. The van der Waals surface area contributed by atoms with E-state index in [0.29, 0.717) is 31.9 Å². The standard InChI is InChI=1S/C21H23F3N4O3/c1-15-2-4-17(5-3-15)26-20(30)28-12-10-27(11-13-28)14-19(29)25-16-6-8-18(9-7-16)31-21(22,23)24/h2-9H,10-14H2,1H3,(H,25,29)(H,26,30). The van der Waals surface area contributed by atoms with Gasteiger partial charge in [0.05, 0.1) is 6.54 Å². The van der Waals surface area contributed by atoms with Gasteiger partial charge in [-0.1, -0.05) is 17.7 Å². The van der Waals surface area contributed by atoms with E-state index in [0.717, 1.165) is 23.4 Å². The molecule has 1 heterocycles. The summed E-state index contributed by atoms with van der Waals surface area (Å²) in [6.45, 7) is 4.12. The van der Waals surface area contributed by atoms with E-state index in [1.54, 1.807) is 4.90 Å². The molecular formula is C21H23F3N4O3. The summed E-state index contributed by atoms with van der Waals surface area (Å²) < 4.78 is 40.4. The number of hydrogen-bond acceptors (Lipinski definition) is 4. The second kappa shape index (κ2) is 9.69. The normalized spacial score (nSPS) is 14.8. The first-order valence-corrected chi connectivity index (χ1v) is 9.68. The van der Waals surface area contributed by atoms with Gasteiger partial charge in [-0.15, -0.1) is 13.2 Å². The van der Waals surface area contributed by atoms with Crippen molar-refractivity contribution in [3.8, 4) is 5.75 Å². The zero-order chi connectivity index (χ0) is 22.4. The molecule has 7 nitrogen and oxygen atoms in total. The molecule has 1 aliphatic heterocycles. The molecule has 0 bridgehead atoms. The molecule has 1 fully saturated rings. The van der Waals surface area contributed by atoms with Crippen molar-refractivity contribution in [1.82, 2.24) is 9.80 Å². The molecule has 1 saturated heterocycles. The van der Waals surface area contributed by atoms with Crippen LogP contribution < -0.4 is 15.4 Å². The van der Waals surface area contributed by atoms with Crippen LogP contribution in [0.3, 0.4) is 0 Å². The van der Waals surface area contributed by atoms with Crippen molar-refractivity contribution in [2.45, 2.75) is 13.3 Å². The van der Waals surface area contributed by atoms with Gasteiger partial charge in [-0.3, -0.25) is 9.69 Å². The van der Waals surface area contributed by atoms with E-state index >= 15 is 0 Å². The van der Waals surface area contributed by atoms with E-state index in [1.165, 1.54) is 12.1 Å². The van der Waals surface area contributed by atoms with Crippen LogP contribution in [0.25, 0.3) is 0 Å². The number of halogens is 3. The molecular weight excluding hydrogens is 413 g/mol. The maximum absolute atomic E-state index is 12.4. The number of ether oxygens (including phenoxy) is 1. The number of benzene rings is 2. The lowest BCUT2D eigenvalue weighted by molar-refractivity contribution is -0.274. The third kappa shape index (κ3) is 7.18. The molecule has 2 aromatic rings. The van der Waals surface area contributed by atoms with Crippen LogP contribution in [0.5, 0.6) is 5.75 Å². The number of aryl methyl sites for hydroxylation is 1. The highest BCUT2D eigenvalue weighted by Crippen LogP contribution is 2.24. The number of anilines is 2. The fraction of sp³-hybridized carbons (Fsp3) is 0.333. The summed E-state index contributed by atoms with van der Waals surface area (Å²) in [6.07, 6.45) is -4.76. The van der Waals surface area contributed by atoms with Crippen LogP contribution in [0.1, 0.15) is 5.56 Å². The zero-order valence-electron chi connectivity index (χ0n) is 16.9. The monoisotopic (exact) mass is 436 g/mol. The van der Waals surface area contributed by atoms with E-state index in [4.69, 9.17) is 0 Å². The Balaban J connectivity index is 1.41. The Morgan fingerprint density at radius 3 is 2.03 bits per heavy atom. The van der Waals surface area contributed by atoms with Crippen LogP contribution in [0.4, 0.5) is 29.3 Å². The third-order valence-corrected chi connectivity index (χ3v) is 4.70. The van der Waals surface area contributed by atoms with E-state index < -0.39 is 6.36 Å². The van der Waals surface area contributed by atoms with Crippen LogP contribution in [-0.4, -0.2) is 60.8 Å². The summed E-state index contributed by atoms with van der Waals surface area (Å²) in [4.78, 5) is 28.2. The molecule has 0 radical (unpaired) electrons. The van der Waals surface area contributed by atoms with Crippen molar-refractivity contribution < 1.29 is 27.5 Å². The average Bonchev–Trinajstić information content (AvgIpc) is 2.70. The number of nitrogens with one attached hydrogen (secondary N) is 2. The molecule has 0 spiro atoms. The SMILES string of the molecule is Cc1ccc(NC(=O)N2CCN(CC(=O)Nc3ccc(OC(F)(F)F)cc3)CC2)cc1. The molecule has 0 aromatic heterocycles. The first-order valence-electron chi connectivity index (χ1n) is 9.68. The molecule has 10 heteroatoms. The lowest BCUT2D eigenvalue weighted by Crippen LogP contribution is -2.51. The van der Waals surface area contributed by atoms with Gasteiger partial charge in [0.15, 0.2) is 0 Å². The van der Waals surface area contributed by atoms with Crippen LogP contribution >= 0.6 is 0 Å². The van der Waals surface area contributed by atoms with Crippen LogP contribution in [0, 0.1) is 6.92 Å². The van der Waals surface area contributed by atoms with Gasteiger partial charge >= 0.3 is 12.4 Å². The topological polar surface area (TPSA) is 73.9 Å². The number of amides is 3. The van der Waals surface area contributed by atoms with Crippen molar-refractivity contribution in [3.63, 3.8) is 0 Å². The van der Waals surface area contributed by atoms with Crippen molar-refractivity contribution >= 4 is 23.3 Å². The van der Waals surface area contributed by atoms with Gasteiger partial charge in [0.25, 0.3) is 0 Å². The van der Waals surface area contributed by atoms with Gasteiger partial charge in [0.1, 0.15) is 5.75 Å². The van der Waals surface area contributed by atoms with Gasteiger partial charge in [-0.05, 0) is 43.3 Å². The van der Waals surface area contributed by atoms with E-state index in [-0.39, 0.29) is 24.2 Å². The summed E-state index contributed by atoms with van der Waals surface area (Å²) in [5, 5.41) is 5.49. The van der Waals surface area contributed by atoms with Gasteiger partial charge in [0.2, 0.25) is 5.91 Å². The molecule has 0 saturated carbocycles. The number of carbonyl (C=O) groups is 2. The lowest BCUT2D eigenvalue weighted by Gasteiger charge is -2.34. The van der Waals surface area contributed by atoms with E-state index in [2.05, 4.69) is 15.4 Å². The number of urea groups is 1. The largest absolute Gasteiger partial charge is 0.573 e. The molecule has 1 aliphatic rings. The van der Waals surface area contributed by atoms with Crippen molar-refractivity contribution in [2.75, 3.05) is 43.4 Å². The number of carbonyl (C=O) groups excluding carboxylic acids is 2. The number of hydrogen-bond donors (Lipinski definition) is 2. The van der Waals surface area contributed by atoms with Gasteiger partial charge in [-0.2, -0.15) is 0 Å². The number of nitrogens with zero attached hydrogens (tertiary/aromatic N) is 2. The van der Waals surface area contributed by atoms with Gasteiger partial charge in [0, 0.05) is 37.6 Å². The molecule has 31 heavy (non-hydrogen) atoms. The summed E-state index contributed by atoms with van der Waals surface area (Å²) in [5.74, 6) is -0.646. The van der Waals surface area contributed by atoms with Crippen molar-refractivity contribution in [2.24, 2.45) is 0 Å². The highest BCUT2D eigenvalue weighted by molar-refractivity contribution is 5.92. The Bertz CT molecular complexity index is 894. The predicted molar refractivity (Wildman–Crippen MR) is 110 cm³/mol. The molecule has 0 atom stereocenters. The third-order valence-electron chi connectivity index (χ3n) is 4.70. The zero-order valence-corrected chi connectivity index (χ0v) is 16.9. The first-order chi connectivity index (χ1) is 14.7. The fourth-order valence-electron chi connectivity index (χ4n) is 3.09. The second-order valence-electron chi connectivity index (χ2n) is 7.18. The minimum absolute atomic E-state index is 0.119. The summed E-state index contributed by atoms with van der Waals surface area (Å²) >= 11 is 0. The van der Waals surface area contributed by atoms with Crippen LogP contribution in [0.2, 0.25) is 0 Å². The Kier molecular flexibility index (Phi) is 7.01. The van der Waals surface area contributed by atoms with Gasteiger partial charge in [-0.25, -0.2) is 4.79 Å². The quantitative estimate of drug-likeness (QED) is 0.750. The minimum atomic E-state index is -4.76. The molecule has 166 valence electrons. The van der Waals surface area contributed by atoms with E-state index in [1.807, 2.05) is 36.1 Å². The molecule has 0 unspecified atom stereocenters. The van der Waals surface area contributed by atoms with Crippen molar-refractivity contribution in [1.29, 1.82) is 0 Å². The maximum atomic E-state index is 12.4. The molecule has 2 aromatic carbocycles. The Labute approximate surface area is 177 Å². The maximum Gasteiger partial charge on any atom is 0.573 e. The molecule has 3 amide bonds. The predicted octanol–water partition coefficient (Wildman–Crippen LogP) is 3.68.